The fraction of sp³-hybridized carbons (Fsp3) is 0.0500. The van der Waals surface area contributed by atoms with Gasteiger partial charge in [0.1, 0.15) is 5.83 Å². The second-order valence-electron chi connectivity index (χ2n) is 5.67. The van der Waals surface area contributed by atoms with Crippen molar-refractivity contribution in [3.05, 3.63) is 81.5 Å². The minimum Gasteiger partial charge on any atom is -0.529 e. The summed E-state index contributed by atoms with van der Waals surface area (Å²) in [5, 5.41) is 0. The van der Waals surface area contributed by atoms with Gasteiger partial charge in [0, 0.05) is 0 Å². The van der Waals surface area contributed by atoms with Gasteiger partial charge in [0.15, 0.2) is 5.83 Å². The summed E-state index contributed by atoms with van der Waals surface area (Å²) >= 11 is 0. The van der Waals surface area contributed by atoms with Gasteiger partial charge in [-0.05, 0) is 13.0 Å². The summed E-state index contributed by atoms with van der Waals surface area (Å²) in [5.41, 5.74) is 2.84. The molecule has 1 aromatic heterocycles. The lowest BCUT2D eigenvalue weighted by Gasteiger charge is -2.21. The van der Waals surface area contributed by atoms with Gasteiger partial charge in [-0.25, -0.2) is 8.78 Å². The van der Waals surface area contributed by atoms with Gasteiger partial charge in [-0.2, -0.15) is 0 Å². The fourth-order valence-electron chi connectivity index (χ4n) is 2.89. The number of hydrogen-bond acceptors (Lipinski definition) is 1. The number of allylic oxidation sites excluding steroid dienone is 1. The first-order valence-corrected chi connectivity index (χ1v) is 7.42. The van der Waals surface area contributed by atoms with Crippen molar-refractivity contribution >= 4 is 30.6 Å². The minimum absolute atomic E-state index is 0.0307. The molecule has 0 bridgehead atoms. The number of fused-ring (bicyclic) bond motifs is 3. The van der Waals surface area contributed by atoms with Gasteiger partial charge >= 0.3 is 0 Å². The van der Waals surface area contributed by atoms with E-state index in [-0.39, 0.29) is 16.9 Å². The second-order valence-corrected chi connectivity index (χ2v) is 5.67. The Morgan fingerprint density at radius 2 is 1.58 bits per heavy atom. The number of benzene rings is 1. The molecule has 0 unspecified atom stereocenters. The molecule has 120 valence electrons. The normalized spacial score (nSPS) is 15.6. The molecule has 0 saturated heterocycles. The van der Waals surface area contributed by atoms with Crippen LogP contribution in [0.4, 0.5) is 8.78 Å². The molecule has 0 radical (unpaired) electrons. The van der Waals surface area contributed by atoms with Crippen LogP contribution in [0, 0.1) is 18.9 Å². The molecule has 0 spiro atoms. The second kappa shape index (κ2) is 5.27. The van der Waals surface area contributed by atoms with Gasteiger partial charge in [-0.3, -0.25) is 0 Å². The first-order chi connectivity index (χ1) is 11.6. The van der Waals surface area contributed by atoms with Crippen LogP contribution in [0.25, 0.3) is 23.8 Å². The standard InChI is InChI=1S/C20H13F2O2/c1-11-3-5-12(6-4-11)13-7-8-14-15-9-10-16(23-2)18(22)20(15)24-19(14)17(13)21/h3-10H,2H2,1H3/q-1. The SMILES string of the molecule is C=[O+][C-]1C=Cc2c3c(oc2=C1F)=C(F)[C-](c1ccc(C)cc1)C=C3. The monoisotopic (exact) mass is 323 g/mol. The van der Waals surface area contributed by atoms with Gasteiger partial charge in [-0.1, -0.05) is 34.7 Å². The molecule has 2 aromatic rings. The Labute approximate surface area is 137 Å². The number of rotatable bonds is 2. The summed E-state index contributed by atoms with van der Waals surface area (Å²) in [5.74, 6) is -0.783. The third kappa shape index (κ3) is 2.03. The van der Waals surface area contributed by atoms with Crippen molar-refractivity contribution in [1.82, 2.24) is 0 Å². The molecule has 2 aliphatic carbocycles. The summed E-state index contributed by atoms with van der Waals surface area (Å²) in [7, 11) is 0. The van der Waals surface area contributed by atoms with Crippen LogP contribution >= 0.6 is 0 Å². The zero-order valence-electron chi connectivity index (χ0n) is 12.9. The van der Waals surface area contributed by atoms with Crippen molar-refractivity contribution in [1.29, 1.82) is 0 Å². The highest BCUT2D eigenvalue weighted by molar-refractivity contribution is 5.81. The predicted octanol–water partition coefficient (Wildman–Crippen LogP) is 3.32. The number of aryl methyl sites for hydroxylation is 1. The highest BCUT2D eigenvalue weighted by atomic mass is 19.1. The van der Waals surface area contributed by atoms with Crippen molar-refractivity contribution in [2.75, 3.05) is 0 Å². The van der Waals surface area contributed by atoms with E-state index >= 15 is 0 Å². The highest BCUT2D eigenvalue weighted by Crippen LogP contribution is 2.31. The van der Waals surface area contributed by atoms with Crippen LogP contribution in [-0.4, -0.2) is 6.79 Å². The van der Waals surface area contributed by atoms with Gasteiger partial charge < -0.3 is 8.84 Å². The maximum Gasteiger partial charge on any atom is 0.297 e. The van der Waals surface area contributed by atoms with Crippen molar-refractivity contribution in [2.24, 2.45) is 0 Å². The van der Waals surface area contributed by atoms with Crippen LogP contribution in [-0.2, 0) is 4.42 Å². The van der Waals surface area contributed by atoms with Gasteiger partial charge in [0.2, 0.25) is 6.79 Å². The average molecular weight is 323 g/mol. The molecule has 4 rings (SSSR count). The molecule has 1 aromatic carbocycles. The van der Waals surface area contributed by atoms with E-state index in [0.29, 0.717) is 17.0 Å². The van der Waals surface area contributed by atoms with Crippen molar-refractivity contribution in [2.45, 2.75) is 6.92 Å². The first-order valence-electron chi connectivity index (χ1n) is 7.42. The van der Waals surface area contributed by atoms with Crippen LogP contribution in [0.1, 0.15) is 22.3 Å². The van der Waals surface area contributed by atoms with E-state index in [4.69, 9.17) is 8.84 Å². The molecule has 0 N–H and O–H groups in total. The molecule has 0 fully saturated rings. The summed E-state index contributed by atoms with van der Waals surface area (Å²) in [6.07, 6.45) is 6.46. The molecule has 4 heteroatoms. The van der Waals surface area contributed by atoms with Gasteiger partial charge in [-0.15, -0.1) is 35.9 Å². The minimum atomic E-state index is -0.685. The van der Waals surface area contributed by atoms with Crippen LogP contribution in [0.3, 0.4) is 0 Å². The highest BCUT2D eigenvalue weighted by Gasteiger charge is 2.24. The topological polar surface area (TPSA) is 24.4 Å². The van der Waals surface area contributed by atoms with Gasteiger partial charge in [0.25, 0.3) is 6.10 Å². The molecule has 2 aliphatic rings. The van der Waals surface area contributed by atoms with E-state index in [2.05, 4.69) is 6.79 Å². The molecular formula is C20H13F2O2-. The summed E-state index contributed by atoms with van der Waals surface area (Å²) in [6.45, 7) is 5.17. The maximum atomic E-state index is 14.9. The zero-order valence-corrected chi connectivity index (χ0v) is 12.9. The predicted molar refractivity (Wildman–Crippen MR) is 88.9 cm³/mol. The lowest BCUT2D eigenvalue weighted by atomic mass is 9.91. The van der Waals surface area contributed by atoms with E-state index in [1.807, 2.05) is 31.2 Å². The molecule has 1 heterocycles. The van der Waals surface area contributed by atoms with Crippen LogP contribution in [0.15, 0.2) is 40.8 Å². The Balaban J connectivity index is 1.93. The summed E-state index contributed by atoms with van der Waals surface area (Å²) in [4.78, 5) is 0. The molecule has 24 heavy (non-hydrogen) atoms. The Hall–Kier alpha value is -3.01. The third-order valence-electron chi connectivity index (χ3n) is 4.17. The Kier molecular flexibility index (Phi) is 3.20. The largest absolute Gasteiger partial charge is 0.529 e. The number of halogens is 2. The van der Waals surface area contributed by atoms with Crippen LogP contribution < -0.4 is 10.8 Å². The molecule has 0 aliphatic heterocycles. The van der Waals surface area contributed by atoms with E-state index in [1.54, 1.807) is 18.2 Å². The Bertz CT molecular complexity index is 1010. The van der Waals surface area contributed by atoms with E-state index in [1.165, 1.54) is 6.08 Å². The van der Waals surface area contributed by atoms with Crippen LogP contribution in [0.5, 0.6) is 0 Å². The lowest BCUT2D eigenvalue weighted by molar-refractivity contribution is -0.411. The molecule has 0 amide bonds. The van der Waals surface area contributed by atoms with E-state index in [0.717, 1.165) is 11.1 Å². The van der Waals surface area contributed by atoms with E-state index in [9.17, 15) is 8.78 Å². The smallest absolute Gasteiger partial charge is 0.297 e. The quantitative estimate of drug-likeness (QED) is 0.615. The van der Waals surface area contributed by atoms with Crippen LogP contribution in [0.2, 0.25) is 0 Å². The molecular weight excluding hydrogens is 310 g/mol. The lowest BCUT2D eigenvalue weighted by Crippen LogP contribution is -2.14. The maximum absolute atomic E-state index is 14.9. The van der Waals surface area contributed by atoms with E-state index < -0.39 is 11.7 Å². The molecule has 2 nitrogen and oxygen atoms in total. The Morgan fingerprint density at radius 3 is 2.25 bits per heavy atom. The molecule has 0 atom stereocenters. The first kappa shape index (κ1) is 14.6. The third-order valence-corrected chi connectivity index (χ3v) is 4.17. The number of furan rings is 1. The average Bonchev–Trinajstić information content (AvgIpc) is 2.97. The van der Waals surface area contributed by atoms with Crippen molar-refractivity contribution < 1.29 is 17.6 Å². The molecule has 0 saturated carbocycles. The summed E-state index contributed by atoms with van der Waals surface area (Å²) < 4.78 is 39.5. The Morgan fingerprint density at radius 1 is 0.958 bits per heavy atom. The summed E-state index contributed by atoms with van der Waals surface area (Å²) in [6, 6.07) is 7.51. The number of carbonyl (C=O) groups excluding carboxylic acids is 1. The van der Waals surface area contributed by atoms with Gasteiger partial charge in [0.05, 0.1) is 10.8 Å². The van der Waals surface area contributed by atoms with Crippen molar-refractivity contribution in [3.8, 4) is 0 Å². The zero-order chi connectivity index (χ0) is 16.8. The fourth-order valence-corrected chi connectivity index (χ4v) is 2.89. The number of hydrogen-bond donors (Lipinski definition) is 0. The van der Waals surface area contributed by atoms with Crippen molar-refractivity contribution in [3.63, 3.8) is 0 Å².